The molecule has 0 spiro atoms. The van der Waals surface area contributed by atoms with Gasteiger partial charge < -0.3 is 10.8 Å². The van der Waals surface area contributed by atoms with E-state index < -0.39 is 17.7 Å². The fourth-order valence-electron chi connectivity index (χ4n) is 2.09. The molecule has 2 rings (SSSR count). The van der Waals surface area contributed by atoms with Gasteiger partial charge in [-0.05, 0) is 43.2 Å². The number of nitrogens with two attached hydrogens (primary N) is 1. The van der Waals surface area contributed by atoms with Crippen LogP contribution in [0, 0.1) is 19.7 Å². The monoisotopic (exact) mass is 273 g/mol. The van der Waals surface area contributed by atoms with Crippen molar-refractivity contribution >= 4 is 11.5 Å². The number of rotatable bonds is 3. The largest absolute Gasteiger partial charge is 0.399 e. The first-order valence-corrected chi connectivity index (χ1v) is 6.26. The van der Waals surface area contributed by atoms with Crippen LogP contribution >= 0.6 is 0 Å². The first-order chi connectivity index (χ1) is 9.43. The summed E-state index contributed by atoms with van der Waals surface area (Å²) in [7, 11) is 0. The van der Waals surface area contributed by atoms with Crippen LogP contribution in [0.25, 0.3) is 0 Å². The average Bonchev–Trinajstić information content (AvgIpc) is 2.44. The third-order valence-corrected chi connectivity index (χ3v) is 3.54. The second kappa shape index (κ2) is 5.43. The van der Waals surface area contributed by atoms with Crippen molar-refractivity contribution in [3.05, 3.63) is 64.5 Å². The minimum atomic E-state index is -1.52. The summed E-state index contributed by atoms with van der Waals surface area (Å²) < 4.78 is 13.6. The van der Waals surface area contributed by atoms with Crippen LogP contribution in [-0.4, -0.2) is 10.9 Å². The fraction of sp³-hybridized carbons (Fsp3) is 0.188. The Morgan fingerprint density at radius 1 is 1.15 bits per heavy atom. The minimum absolute atomic E-state index is 0.0219. The SMILES string of the molecule is Cc1c(N)ccc(C(=O)C(O)c2ccccc2F)c1C. The van der Waals surface area contributed by atoms with Crippen LogP contribution in [0.4, 0.5) is 10.1 Å². The highest BCUT2D eigenvalue weighted by atomic mass is 19.1. The summed E-state index contributed by atoms with van der Waals surface area (Å²) in [4.78, 5) is 12.3. The second-order valence-electron chi connectivity index (χ2n) is 4.74. The van der Waals surface area contributed by atoms with E-state index in [1.807, 2.05) is 0 Å². The van der Waals surface area contributed by atoms with Crippen LogP contribution in [0.2, 0.25) is 0 Å². The number of hydrogen-bond donors (Lipinski definition) is 2. The number of Topliss-reactive ketones (excluding diaryl/α,β-unsaturated/α-hetero) is 1. The summed E-state index contributed by atoms with van der Waals surface area (Å²) in [5.74, 6) is -1.13. The maximum Gasteiger partial charge on any atom is 0.196 e. The van der Waals surface area contributed by atoms with Crippen molar-refractivity contribution in [3.63, 3.8) is 0 Å². The number of aliphatic hydroxyl groups is 1. The lowest BCUT2D eigenvalue weighted by Gasteiger charge is -2.14. The molecule has 0 aliphatic rings. The van der Waals surface area contributed by atoms with Gasteiger partial charge in [0.2, 0.25) is 0 Å². The van der Waals surface area contributed by atoms with Gasteiger partial charge in [0.05, 0.1) is 0 Å². The maximum atomic E-state index is 13.6. The molecule has 3 N–H and O–H groups in total. The average molecular weight is 273 g/mol. The third-order valence-electron chi connectivity index (χ3n) is 3.54. The van der Waals surface area contributed by atoms with Crippen LogP contribution in [0.3, 0.4) is 0 Å². The normalized spacial score (nSPS) is 12.2. The van der Waals surface area contributed by atoms with Crippen LogP contribution < -0.4 is 5.73 Å². The number of benzene rings is 2. The molecule has 4 heteroatoms. The summed E-state index contributed by atoms with van der Waals surface area (Å²) in [6.45, 7) is 3.56. The number of carbonyl (C=O) groups is 1. The van der Waals surface area contributed by atoms with E-state index in [0.29, 0.717) is 16.8 Å². The molecule has 0 aliphatic heterocycles. The lowest BCUT2D eigenvalue weighted by molar-refractivity contribution is 0.0739. The highest BCUT2D eigenvalue weighted by Crippen LogP contribution is 2.26. The zero-order chi connectivity index (χ0) is 14.9. The first kappa shape index (κ1) is 14.2. The molecule has 1 atom stereocenters. The molecule has 0 saturated heterocycles. The molecule has 0 aliphatic carbocycles. The highest BCUT2D eigenvalue weighted by Gasteiger charge is 2.24. The molecular weight excluding hydrogens is 257 g/mol. The summed E-state index contributed by atoms with van der Waals surface area (Å²) >= 11 is 0. The van der Waals surface area contributed by atoms with Gasteiger partial charge in [-0.3, -0.25) is 4.79 Å². The molecule has 0 bridgehead atoms. The van der Waals surface area contributed by atoms with Crippen molar-refractivity contribution in [3.8, 4) is 0 Å². The van der Waals surface area contributed by atoms with Crippen LogP contribution in [0.5, 0.6) is 0 Å². The van der Waals surface area contributed by atoms with Crippen molar-refractivity contribution in [1.29, 1.82) is 0 Å². The fourth-order valence-corrected chi connectivity index (χ4v) is 2.09. The lowest BCUT2D eigenvalue weighted by atomic mass is 9.93. The van der Waals surface area contributed by atoms with E-state index in [0.717, 1.165) is 5.56 Å². The summed E-state index contributed by atoms with van der Waals surface area (Å²) in [5.41, 5.74) is 8.17. The van der Waals surface area contributed by atoms with E-state index in [4.69, 9.17) is 5.73 Å². The van der Waals surface area contributed by atoms with E-state index in [2.05, 4.69) is 0 Å². The van der Waals surface area contributed by atoms with Crippen molar-refractivity contribution in [2.24, 2.45) is 0 Å². The molecule has 2 aromatic rings. The zero-order valence-electron chi connectivity index (χ0n) is 11.4. The van der Waals surface area contributed by atoms with Crippen molar-refractivity contribution < 1.29 is 14.3 Å². The third kappa shape index (κ3) is 2.42. The maximum absolute atomic E-state index is 13.6. The number of anilines is 1. The molecule has 0 fully saturated rings. The molecule has 0 heterocycles. The van der Waals surface area contributed by atoms with Crippen LogP contribution in [0.1, 0.15) is 33.2 Å². The summed E-state index contributed by atoms with van der Waals surface area (Å²) in [6.07, 6.45) is -1.52. The zero-order valence-corrected chi connectivity index (χ0v) is 11.4. The molecule has 20 heavy (non-hydrogen) atoms. The lowest BCUT2D eigenvalue weighted by Crippen LogP contribution is -2.15. The van der Waals surface area contributed by atoms with Crippen molar-refractivity contribution in [1.82, 2.24) is 0 Å². The van der Waals surface area contributed by atoms with Gasteiger partial charge in [0.1, 0.15) is 11.9 Å². The van der Waals surface area contributed by atoms with Gasteiger partial charge in [0.15, 0.2) is 5.78 Å². The van der Waals surface area contributed by atoms with Gasteiger partial charge in [-0.2, -0.15) is 0 Å². The predicted octanol–water partition coefficient (Wildman–Crippen LogP) is 2.94. The Kier molecular flexibility index (Phi) is 3.86. The topological polar surface area (TPSA) is 63.3 Å². The van der Waals surface area contributed by atoms with Gasteiger partial charge in [0.25, 0.3) is 0 Å². The van der Waals surface area contributed by atoms with E-state index in [1.54, 1.807) is 32.0 Å². The Morgan fingerprint density at radius 2 is 1.80 bits per heavy atom. The number of hydrogen-bond acceptors (Lipinski definition) is 3. The quantitative estimate of drug-likeness (QED) is 0.667. The first-order valence-electron chi connectivity index (χ1n) is 6.26. The molecule has 0 saturated carbocycles. The number of nitrogen functional groups attached to an aromatic ring is 1. The smallest absolute Gasteiger partial charge is 0.196 e. The van der Waals surface area contributed by atoms with Gasteiger partial charge >= 0.3 is 0 Å². The Bertz CT molecular complexity index is 668. The Labute approximate surface area is 116 Å². The van der Waals surface area contributed by atoms with Crippen molar-refractivity contribution in [2.45, 2.75) is 20.0 Å². The van der Waals surface area contributed by atoms with Crippen LogP contribution in [-0.2, 0) is 0 Å². The molecule has 3 nitrogen and oxygen atoms in total. The molecule has 2 aromatic carbocycles. The number of aliphatic hydroxyl groups excluding tert-OH is 1. The van der Waals surface area contributed by atoms with Gasteiger partial charge in [-0.15, -0.1) is 0 Å². The van der Waals surface area contributed by atoms with E-state index >= 15 is 0 Å². The van der Waals surface area contributed by atoms with E-state index in [1.165, 1.54) is 18.2 Å². The number of halogens is 1. The number of ketones is 1. The molecule has 0 aromatic heterocycles. The van der Waals surface area contributed by atoms with Gasteiger partial charge in [0, 0.05) is 16.8 Å². The van der Waals surface area contributed by atoms with E-state index in [9.17, 15) is 14.3 Å². The van der Waals surface area contributed by atoms with Gasteiger partial charge in [-0.1, -0.05) is 18.2 Å². The molecule has 0 amide bonds. The van der Waals surface area contributed by atoms with E-state index in [-0.39, 0.29) is 5.56 Å². The summed E-state index contributed by atoms with van der Waals surface area (Å²) in [6, 6.07) is 8.88. The highest BCUT2D eigenvalue weighted by molar-refractivity contribution is 6.01. The Morgan fingerprint density at radius 3 is 2.45 bits per heavy atom. The standard InChI is InChI=1S/C16H16FNO2/c1-9-10(2)14(18)8-7-11(9)15(19)16(20)12-5-3-4-6-13(12)17/h3-8,16,20H,18H2,1-2H3. The van der Waals surface area contributed by atoms with Gasteiger partial charge in [-0.25, -0.2) is 4.39 Å². The molecule has 104 valence electrons. The summed E-state index contributed by atoms with van der Waals surface area (Å²) in [5, 5.41) is 10.1. The predicted molar refractivity (Wildman–Crippen MR) is 76.0 cm³/mol. The molecule has 1 unspecified atom stereocenters. The van der Waals surface area contributed by atoms with Crippen molar-refractivity contribution in [2.75, 3.05) is 5.73 Å². The number of carbonyl (C=O) groups excluding carboxylic acids is 1. The minimum Gasteiger partial charge on any atom is -0.399 e. The molecular formula is C16H16FNO2. The van der Waals surface area contributed by atoms with Crippen LogP contribution in [0.15, 0.2) is 36.4 Å². The Balaban J connectivity index is 2.42. The molecule has 0 radical (unpaired) electrons. The second-order valence-corrected chi connectivity index (χ2v) is 4.74. The Hall–Kier alpha value is -2.20.